The Morgan fingerprint density at radius 2 is 1.71 bits per heavy atom. The second-order valence-electron chi connectivity index (χ2n) is 9.07. The summed E-state index contributed by atoms with van der Waals surface area (Å²) < 4.78 is 11.1. The lowest BCUT2D eigenvalue weighted by atomic mass is 10.1. The predicted octanol–water partition coefficient (Wildman–Crippen LogP) is 4.25. The third kappa shape index (κ3) is 7.89. The molecule has 0 radical (unpaired) electrons. The van der Waals surface area contributed by atoms with E-state index < -0.39 is 0 Å². The van der Waals surface area contributed by atoms with Gasteiger partial charge in [-0.05, 0) is 75.5 Å². The standard InChI is InChI=1S/C27H38N4O4/c1-5-6-18-35-27(33)31-15-13-30(14-16-31)23-9-7-22(8-10-23)26(32)28-25-12-11-24(20-21(25)2)34-19-17-29(3)4/h7-12,20H,5-6,13-19H2,1-4H3,(H,28,32). The van der Waals surface area contributed by atoms with Crippen molar-refractivity contribution in [2.75, 3.05) is 70.2 Å². The summed E-state index contributed by atoms with van der Waals surface area (Å²) >= 11 is 0. The summed E-state index contributed by atoms with van der Waals surface area (Å²) in [7, 11) is 4.02. The van der Waals surface area contributed by atoms with Crippen molar-refractivity contribution in [3.63, 3.8) is 0 Å². The predicted molar refractivity (Wildman–Crippen MR) is 140 cm³/mol. The maximum atomic E-state index is 12.8. The van der Waals surface area contributed by atoms with Crippen LogP contribution < -0.4 is 15.0 Å². The Labute approximate surface area is 208 Å². The molecule has 1 fully saturated rings. The van der Waals surface area contributed by atoms with E-state index in [0.717, 1.165) is 55.2 Å². The van der Waals surface area contributed by atoms with E-state index in [4.69, 9.17) is 9.47 Å². The fraction of sp³-hybridized carbons (Fsp3) is 0.481. The van der Waals surface area contributed by atoms with E-state index in [-0.39, 0.29) is 12.0 Å². The molecular weight excluding hydrogens is 444 g/mol. The molecule has 0 atom stereocenters. The average molecular weight is 483 g/mol. The van der Waals surface area contributed by atoms with E-state index in [0.29, 0.717) is 31.9 Å². The van der Waals surface area contributed by atoms with Gasteiger partial charge in [0.1, 0.15) is 12.4 Å². The molecule has 0 spiro atoms. The van der Waals surface area contributed by atoms with Gasteiger partial charge in [0, 0.05) is 49.7 Å². The minimum absolute atomic E-state index is 0.152. The molecule has 1 heterocycles. The Bertz CT molecular complexity index is 970. The normalized spacial score (nSPS) is 13.6. The van der Waals surface area contributed by atoms with E-state index in [2.05, 4.69) is 22.0 Å². The smallest absolute Gasteiger partial charge is 0.409 e. The summed E-state index contributed by atoms with van der Waals surface area (Å²) in [6.45, 7) is 8.68. The maximum Gasteiger partial charge on any atom is 0.409 e. The lowest BCUT2D eigenvalue weighted by Crippen LogP contribution is -2.49. The van der Waals surface area contributed by atoms with Gasteiger partial charge in [-0.1, -0.05) is 13.3 Å². The molecule has 1 aliphatic rings. The zero-order chi connectivity index (χ0) is 25.2. The van der Waals surface area contributed by atoms with E-state index in [1.54, 1.807) is 4.90 Å². The quantitative estimate of drug-likeness (QED) is 0.511. The molecule has 1 saturated heterocycles. The van der Waals surface area contributed by atoms with Gasteiger partial charge in [-0.15, -0.1) is 0 Å². The van der Waals surface area contributed by atoms with Crippen molar-refractivity contribution >= 4 is 23.4 Å². The molecule has 1 N–H and O–H groups in total. The van der Waals surface area contributed by atoms with E-state index in [9.17, 15) is 9.59 Å². The highest BCUT2D eigenvalue weighted by molar-refractivity contribution is 6.04. The number of hydrogen-bond donors (Lipinski definition) is 1. The van der Waals surface area contributed by atoms with Gasteiger partial charge >= 0.3 is 6.09 Å². The summed E-state index contributed by atoms with van der Waals surface area (Å²) in [6, 6.07) is 13.3. The van der Waals surface area contributed by atoms with E-state index in [1.165, 1.54) is 0 Å². The van der Waals surface area contributed by atoms with Gasteiger partial charge in [0.15, 0.2) is 0 Å². The highest BCUT2D eigenvalue weighted by Gasteiger charge is 2.22. The first-order chi connectivity index (χ1) is 16.9. The number of nitrogens with one attached hydrogen (secondary N) is 1. The Morgan fingerprint density at radius 3 is 2.34 bits per heavy atom. The summed E-state index contributed by atoms with van der Waals surface area (Å²) in [5, 5.41) is 2.99. The Hall–Kier alpha value is -3.26. The highest BCUT2D eigenvalue weighted by Crippen LogP contribution is 2.23. The third-order valence-corrected chi connectivity index (χ3v) is 6.01. The summed E-state index contributed by atoms with van der Waals surface area (Å²) in [6.07, 6.45) is 1.67. The first-order valence-electron chi connectivity index (χ1n) is 12.3. The number of hydrogen-bond acceptors (Lipinski definition) is 6. The molecule has 35 heavy (non-hydrogen) atoms. The second kappa shape index (κ2) is 13.0. The van der Waals surface area contributed by atoms with Gasteiger partial charge in [0.2, 0.25) is 0 Å². The number of unbranched alkanes of at least 4 members (excludes halogenated alkanes) is 1. The SMILES string of the molecule is CCCCOC(=O)N1CCN(c2ccc(C(=O)Nc3ccc(OCCN(C)C)cc3C)cc2)CC1. The zero-order valence-corrected chi connectivity index (χ0v) is 21.4. The lowest BCUT2D eigenvalue weighted by Gasteiger charge is -2.35. The Balaban J connectivity index is 1.50. The third-order valence-electron chi connectivity index (χ3n) is 6.01. The van der Waals surface area contributed by atoms with Crippen LogP contribution >= 0.6 is 0 Å². The van der Waals surface area contributed by atoms with Crippen LogP contribution in [0.2, 0.25) is 0 Å². The van der Waals surface area contributed by atoms with Crippen LogP contribution in [0.25, 0.3) is 0 Å². The molecule has 2 aromatic rings. The van der Waals surface area contributed by atoms with Crippen molar-refractivity contribution in [3.05, 3.63) is 53.6 Å². The molecule has 0 saturated carbocycles. The van der Waals surface area contributed by atoms with Crippen LogP contribution in [0, 0.1) is 6.92 Å². The molecule has 190 valence electrons. The number of benzene rings is 2. The van der Waals surface area contributed by atoms with Crippen molar-refractivity contribution in [1.82, 2.24) is 9.80 Å². The van der Waals surface area contributed by atoms with Crippen molar-refractivity contribution in [3.8, 4) is 5.75 Å². The van der Waals surface area contributed by atoms with Crippen LogP contribution in [0.4, 0.5) is 16.2 Å². The minimum Gasteiger partial charge on any atom is -0.492 e. The Kier molecular flexibility index (Phi) is 9.78. The molecule has 0 aliphatic carbocycles. The van der Waals surface area contributed by atoms with E-state index >= 15 is 0 Å². The lowest BCUT2D eigenvalue weighted by molar-refractivity contribution is 0.0987. The molecule has 0 bridgehead atoms. The number of likely N-dealkylation sites (N-methyl/N-ethyl adjacent to an activating group) is 1. The summed E-state index contributed by atoms with van der Waals surface area (Å²) in [5.74, 6) is 0.640. The van der Waals surface area contributed by atoms with Crippen LogP contribution in [0.3, 0.4) is 0 Å². The van der Waals surface area contributed by atoms with Crippen LogP contribution in [0.1, 0.15) is 35.7 Å². The van der Waals surface area contributed by atoms with Crippen LogP contribution in [-0.2, 0) is 4.74 Å². The number of rotatable bonds is 10. The number of carbonyl (C=O) groups is 2. The number of amides is 2. The van der Waals surface area contributed by atoms with Crippen LogP contribution in [-0.4, -0.2) is 81.8 Å². The first-order valence-corrected chi connectivity index (χ1v) is 12.3. The molecule has 8 nitrogen and oxygen atoms in total. The van der Waals surface area contributed by atoms with Gasteiger partial charge < -0.3 is 29.5 Å². The van der Waals surface area contributed by atoms with Gasteiger partial charge in [0.25, 0.3) is 5.91 Å². The number of carbonyl (C=O) groups excluding carboxylic acids is 2. The molecular formula is C27H38N4O4. The number of aryl methyl sites for hydroxylation is 1. The van der Waals surface area contributed by atoms with Crippen molar-refractivity contribution in [2.45, 2.75) is 26.7 Å². The van der Waals surface area contributed by atoms with Gasteiger partial charge in [-0.3, -0.25) is 4.79 Å². The zero-order valence-electron chi connectivity index (χ0n) is 21.4. The van der Waals surface area contributed by atoms with Gasteiger partial charge in [0.05, 0.1) is 6.61 Å². The molecule has 1 aliphatic heterocycles. The fourth-order valence-corrected chi connectivity index (χ4v) is 3.77. The highest BCUT2D eigenvalue weighted by atomic mass is 16.6. The van der Waals surface area contributed by atoms with Gasteiger partial charge in [-0.25, -0.2) is 4.79 Å². The largest absolute Gasteiger partial charge is 0.492 e. The second-order valence-corrected chi connectivity index (χ2v) is 9.07. The first kappa shape index (κ1) is 26.3. The Morgan fingerprint density at radius 1 is 1.00 bits per heavy atom. The average Bonchev–Trinajstić information content (AvgIpc) is 2.85. The van der Waals surface area contributed by atoms with Crippen LogP contribution in [0.5, 0.6) is 5.75 Å². The number of nitrogens with zero attached hydrogens (tertiary/aromatic N) is 3. The van der Waals surface area contributed by atoms with Crippen molar-refractivity contribution in [1.29, 1.82) is 0 Å². The van der Waals surface area contributed by atoms with E-state index in [1.807, 2.05) is 63.5 Å². The fourth-order valence-electron chi connectivity index (χ4n) is 3.77. The van der Waals surface area contributed by atoms with Crippen molar-refractivity contribution in [2.24, 2.45) is 0 Å². The molecule has 8 heteroatoms. The molecule has 2 aromatic carbocycles. The monoisotopic (exact) mass is 482 g/mol. The molecule has 0 aromatic heterocycles. The summed E-state index contributed by atoms with van der Waals surface area (Å²) in [4.78, 5) is 31.0. The van der Waals surface area contributed by atoms with Crippen LogP contribution in [0.15, 0.2) is 42.5 Å². The van der Waals surface area contributed by atoms with Crippen molar-refractivity contribution < 1.29 is 19.1 Å². The molecule has 0 unspecified atom stereocenters. The number of ether oxygens (including phenoxy) is 2. The maximum absolute atomic E-state index is 12.8. The topological polar surface area (TPSA) is 74.3 Å². The molecule has 2 amide bonds. The minimum atomic E-state index is -0.228. The van der Waals surface area contributed by atoms with Gasteiger partial charge in [-0.2, -0.15) is 0 Å². The molecule has 3 rings (SSSR count). The number of anilines is 2. The summed E-state index contributed by atoms with van der Waals surface area (Å²) in [5.41, 5.74) is 3.35. The number of piperazine rings is 1.